The second-order valence-corrected chi connectivity index (χ2v) is 12.0. The average Bonchev–Trinajstić information content (AvgIpc) is 3.32. The number of piperidine rings is 2. The number of nitrogens with zero attached hydrogens (tertiary/aromatic N) is 5. The lowest BCUT2D eigenvalue weighted by Gasteiger charge is -2.55. The number of nitrogens with one attached hydrogen (secondary N) is 1. The molecule has 38 heavy (non-hydrogen) atoms. The van der Waals surface area contributed by atoms with E-state index in [-0.39, 0.29) is 24.0 Å². The maximum Gasteiger partial charge on any atom is 0.410 e. The molecule has 0 unspecified atom stereocenters. The number of aromatic nitrogens is 4. The molecule has 3 aliphatic rings. The minimum atomic E-state index is -3.87. The first-order valence-corrected chi connectivity index (χ1v) is 14.0. The molecular weight excluding hydrogens is 504 g/mol. The Balaban J connectivity index is 1.21. The van der Waals surface area contributed by atoms with Gasteiger partial charge in [-0.05, 0) is 55.9 Å². The standard InChI is InChI=1S/C27H28N6O4S/c1-18-8-9-22(10-23(18)24-13-28-25-19(2)29-17-30-33(24)25)38(35,36)31-27-11-21(12-27)14-32(16-27)26(34)37-15-20-6-4-3-5-7-20/h3-10,13,17,21,31H,11-12,14-16H2,1-2H3. The maximum absolute atomic E-state index is 13.6. The molecule has 2 bridgehead atoms. The molecule has 2 aromatic carbocycles. The molecule has 2 aliphatic heterocycles. The van der Waals surface area contributed by atoms with Crippen molar-refractivity contribution < 1.29 is 17.9 Å². The normalized spacial score (nSPS) is 20.8. The van der Waals surface area contributed by atoms with Crippen LogP contribution >= 0.6 is 0 Å². The first-order valence-electron chi connectivity index (χ1n) is 12.5. The van der Waals surface area contributed by atoms with Crippen LogP contribution in [0.15, 0.2) is 66.0 Å². The van der Waals surface area contributed by atoms with Gasteiger partial charge in [0.2, 0.25) is 10.0 Å². The third-order valence-electron chi connectivity index (χ3n) is 7.42. The fourth-order valence-electron chi connectivity index (χ4n) is 5.61. The lowest BCUT2D eigenvalue weighted by Crippen LogP contribution is -2.69. The topological polar surface area (TPSA) is 119 Å². The third-order valence-corrected chi connectivity index (χ3v) is 9.00. The maximum atomic E-state index is 13.6. The number of carbonyl (C=O) groups excluding carboxylic acids is 1. The van der Waals surface area contributed by atoms with Crippen molar-refractivity contribution in [3.8, 4) is 11.3 Å². The van der Waals surface area contributed by atoms with E-state index in [4.69, 9.17) is 4.74 Å². The summed E-state index contributed by atoms with van der Waals surface area (Å²) in [6.07, 6.45) is 4.09. The van der Waals surface area contributed by atoms with Gasteiger partial charge >= 0.3 is 6.09 Å². The van der Waals surface area contributed by atoms with Crippen molar-refractivity contribution in [2.45, 2.75) is 43.7 Å². The van der Waals surface area contributed by atoms with Gasteiger partial charge in [-0.15, -0.1) is 0 Å². The van der Waals surface area contributed by atoms with Crippen LogP contribution in [0, 0.1) is 19.8 Å². The fourth-order valence-corrected chi connectivity index (χ4v) is 7.05. The van der Waals surface area contributed by atoms with Crippen LogP contribution < -0.4 is 4.72 Å². The highest BCUT2D eigenvalue weighted by molar-refractivity contribution is 7.89. The zero-order valence-corrected chi connectivity index (χ0v) is 22.0. The highest BCUT2D eigenvalue weighted by Gasteiger charge is 2.53. The molecule has 1 amide bonds. The Labute approximate surface area is 220 Å². The number of rotatable bonds is 6. The Hall–Kier alpha value is -3.83. The van der Waals surface area contributed by atoms with Gasteiger partial charge in [0.05, 0.1) is 28.0 Å². The van der Waals surface area contributed by atoms with Gasteiger partial charge in [0.1, 0.15) is 12.9 Å². The molecule has 1 aliphatic carbocycles. The van der Waals surface area contributed by atoms with Crippen molar-refractivity contribution in [3.05, 3.63) is 77.9 Å². The van der Waals surface area contributed by atoms with Gasteiger partial charge in [0, 0.05) is 18.7 Å². The van der Waals surface area contributed by atoms with Gasteiger partial charge in [0.25, 0.3) is 0 Å². The molecule has 10 nitrogen and oxygen atoms in total. The zero-order chi connectivity index (χ0) is 26.5. The first-order chi connectivity index (χ1) is 18.2. The van der Waals surface area contributed by atoms with Crippen LogP contribution in [-0.4, -0.2) is 57.6 Å². The van der Waals surface area contributed by atoms with Gasteiger partial charge in [-0.2, -0.15) is 5.10 Å². The van der Waals surface area contributed by atoms with Crippen molar-refractivity contribution in [2.24, 2.45) is 5.92 Å². The molecular formula is C27H28N6O4S. The van der Waals surface area contributed by atoms with E-state index >= 15 is 0 Å². The summed E-state index contributed by atoms with van der Waals surface area (Å²) < 4.78 is 37.2. The van der Waals surface area contributed by atoms with Crippen molar-refractivity contribution in [1.29, 1.82) is 0 Å². The average molecular weight is 533 g/mol. The number of amides is 1. The molecule has 4 aromatic rings. The molecule has 3 fully saturated rings. The summed E-state index contributed by atoms with van der Waals surface area (Å²) >= 11 is 0. The summed E-state index contributed by atoms with van der Waals surface area (Å²) in [5.74, 6) is 0.241. The van der Waals surface area contributed by atoms with Crippen molar-refractivity contribution in [1.82, 2.24) is 29.2 Å². The van der Waals surface area contributed by atoms with Gasteiger partial charge in [0.15, 0.2) is 5.65 Å². The van der Waals surface area contributed by atoms with Crippen LogP contribution in [0.2, 0.25) is 0 Å². The van der Waals surface area contributed by atoms with Crippen LogP contribution in [0.5, 0.6) is 0 Å². The van der Waals surface area contributed by atoms with E-state index in [1.165, 1.54) is 6.33 Å². The van der Waals surface area contributed by atoms with E-state index in [0.717, 1.165) is 22.4 Å². The highest BCUT2D eigenvalue weighted by atomic mass is 32.2. The zero-order valence-electron chi connectivity index (χ0n) is 21.2. The number of carbonyl (C=O) groups is 1. The van der Waals surface area contributed by atoms with Crippen LogP contribution in [0.25, 0.3) is 16.9 Å². The summed E-state index contributed by atoms with van der Waals surface area (Å²) in [4.78, 5) is 23.1. The van der Waals surface area contributed by atoms with Crippen LogP contribution in [0.1, 0.15) is 29.7 Å². The molecule has 1 saturated carbocycles. The molecule has 4 heterocycles. The predicted molar refractivity (Wildman–Crippen MR) is 140 cm³/mol. The largest absolute Gasteiger partial charge is 0.445 e. The summed E-state index contributed by atoms with van der Waals surface area (Å²) in [6, 6.07) is 14.5. The third kappa shape index (κ3) is 4.41. The Bertz CT molecular complexity index is 1630. The monoisotopic (exact) mass is 532 g/mol. The lowest BCUT2D eigenvalue weighted by molar-refractivity contribution is -0.0108. The molecule has 0 atom stereocenters. The van der Waals surface area contributed by atoms with Crippen molar-refractivity contribution >= 4 is 21.8 Å². The summed E-state index contributed by atoms with van der Waals surface area (Å²) in [5, 5.41) is 4.31. The molecule has 1 N–H and O–H groups in total. The summed E-state index contributed by atoms with van der Waals surface area (Å²) in [5.41, 5.74) is 3.86. The number of sulfonamides is 1. The molecule has 2 aromatic heterocycles. The van der Waals surface area contributed by atoms with E-state index in [0.29, 0.717) is 30.7 Å². The van der Waals surface area contributed by atoms with E-state index in [1.54, 1.807) is 33.8 Å². The summed E-state index contributed by atoms with van der Waals surface area (Å²) in [7, 11) is -3.87. The van der Waals surface area contributed by atoms with Crippen molar-refractivity contribution in [3.63, 3.8) is 0 Å². The van der Waals surface area contributed by atoms with Gasteiger partial charge in [-0.3, -0.25) is 0 Å². The van der Waals surface area contributed by atoms with E-state index in [9.17, 15) is 13.2 Å². The molecule has 11 heteroatoms. The van der Waals surface area contributed by atoms with E-state index in [1.807, 2.05) is 44.2 Å². The fraction of sp³-hybridized carbons (Fsp3) is 0.333. The smallest absolute Gasteiger partial charge is 0.410 e. The number of fused-ring (bicyclic) bond motifs is 3. The molecule has 2 saturated heterocycles. The van der Waals surface area contributed by atoms with E-state index < -0.39 is 21.7 Å². The SMILES string of the molecule is Cc1ccc(S(=O)(=O)NC23CC(CN(C(=O)OCc4ccccc4)C2)C3)cc1-c1cnc2c(C)ncnn12. The van der Waals surface area contributed by atoms with Crippen LogP contribution in [0.4, 0.5) is 4.79 Å². The summed E-state index contributed by atoms with van der Waals surface area (Å²) in [6.45, 7) is 4.79. The minimum Gasteiger partial charge on any atom is -0.445 e. The van der Waals surface area contributed by atoms with Crippen LogP contribution in [0.3, 0.4) is 0 Å². The number of benzene rings is 2. The molecule has 7 rings (SSSR count). The van der Waals surface area contributed by atoms with Crippen LogP contribution in [-0.2, 0) is 21.4 Å². The lowest BCUT2D eigenvalue weighted by atomic mass is 9.65. The number of imidazole rings is 1. The van der Waals surface area contributed by atoms with E-state index in [2.05, 4.69) is 19.8 Å². The first kappa shape index (κ1) is 24.5. The number of hydrogen-bond donors (Lipinski definition) is 1. The quantitative estimate of drug-likeness (QED) is 0.404. The Morgan fingerprint density at radius 2 is 1.92 bits per heavy atom. The predicted octanol–water partition coefficient (Wildman–Crippen LogP) is 3.49. The Morgan fingerprint density at radius 3 is 2.71 bits per heavy atom. The molecule has 0 spiro atoms. The van der Waals surface area contributed by atoms with Gasteiger partial charge in [-0.1, -0.05) is 36.4 Å². The Kier molecular flexibility index (Phi) is 5.92. The van der Waals surface area contributed by atoms with Crippen molar-refractivity contribution in [2.75, 3.05) is 13.1 Å². The Morgan fingerprint density at radius 1 is 1.13 bits per heavy atom. The second-order valence-electron chi connectivity index (χ2n) is 10.3. The molecule has 196 valence electrons. The highest BCUT2D eigenvalue weighted by Crippen LogP contribution is 2.44. The second kappa shape index (κ2) is 9.17. The van der Waals surface area contributed by atoms with Gasteiger partial charge in [-0.25, -0.2) is 32.4 Å². The minimum absolute atomic E-state index is 0.153. The number of hydrogen-bond acceptors (Lipinski definition) is 7. The van der Waals surface area contributed by atoms with Gasteiger partial charge < -0.3 is 9.64 Å². The molecule has 0 radical (unpaired) electrons. The number of aryl methyl sites for hydroxylation is 2. The number of ether oxygens (including phenoxy) is 1.